The van der Waals surface area contributed by atoms with Crippen molar-refractivity contribution in [2.75, 3.05) is 17.9 Å². The maximum atomic E-state index is 12.4. The summed E-state index contributed by atoms with van der Waals surface area (Å²) < 4.78 is 111. The average molecular weight is 508 g/mol. The largest absolute Gasteiger partial charge is 0.484 e. The van der Waals surface area contributed by atoms with E-state index in [1.165, 1.54) is 24.3 Å². The van der Waals surface area contributed by atoms with Crippen LogP contribution >= 0.6 is 15.9 Å². The van der Waals surface area contributed by atoms with Crippen molar-refractivity contribution < 1.29 is 44.2 Å². The lowest BCUT2D eigenvalue weighted by Crippen LogP contribution is -2.20. The van der Waals surface area contributed by atoms with E-state index >= 15 is 0 Å². The Morgan fingerprint density at radius 2 is 1.28 bits per heavy atom. The van der Waals surface area contributed by atoms with Gasteiger partial charge in [-0.1, -0.05) is 15.9 Å². The van der Waals surface area contributed by atoms with Crippen molar-refractivity contribution in [3.63, 3.8) is 0 Å². The standard InChI is InChI=1S/C16H12BrF6NO4S/c17-10-1-3-14(4-2-10)29(25,26)24-11-5-12(27-8-15(18,19)20)7-13(6-11)28-9-16(21,22)23/h1-7,24H,8-9H2. The van der Waals surface area contributed by atoms with Crippen LogP contribution in [-0.2, 0) is 10.0 Å². The summed E-state index contributed by atoms with van der Waals surface area (Å²) in [5, 5.41) is 0. The lowest BCUT2D eigenvalue weighted by Gasteiger charge is -2.15. The van der Waals surface area contributed by atoms with E-state index in [9.17, 15) is 34.8 Å². The van der Waals surface area contributed by atoms with Crippen LogP contribution in [0.15, 0.2) is 51.8 Å². The van der Waals surface area contributed by atoms with E-state index in [1.54, 1.807) is 0 Å². The average Bonchev–Trinajstić information content (AvgIpc) is 2.57. The number of alkyl halides is 6. The van der Waals surface area contributed by atoms with Crippen molar-refractivity contribution in [1.29, 1.82) is 0 Å². The molecule has 0 aliphatic carbocycles. The SMILES string of the molecule is O=S(=O)(Nc1cc(OCC(F)(F)F)cc(OCC(F)(F)F)c1)c1ccc(Br)cc1. The van der Waals surface area contributed by atoms with Crippen LogP contribution < -0.4 is 14.2 Å². The molecule has 0 spiro atoms. The maximum Gasteiger partial charge on any atom is 0.422 e. The second kappa shape index (κ2) is 8.69. The molecule has 5 nitrogen and oxygen atoms in total. The zero-order chi connectivity index (χ0) is 21.9. The van der Waals surface area contributed by atoms with Gasteiger partial charge in [-0.3, -0.25) is 4.72 Å². The van der Waals surface area contributed by atoms with Crippen molar-refractivity contribution in [3.05, 3.63) is 46.9 Å². The third-order valence-corrected chi connectivity index (χ3v) is 4.99. The summed E-state index contributed by atoms with van der Waals surface area (Å²) >= 11 is 3.13. The van der Waals surface area contributed by atoms with Gasteiger partial charge in [0, 0.05) is 22.7 Å². The predicted octanol–water partition coefficient (Wildman–Crippen LogP) is 5.13. The minimum atomic E-state index is -4.71. The highest BCUT2D eigenvalue weighted by molar-refractivity contribution is 9.10. The summed E-state index contributed by atoms with van der Waals surface area (Å²) in [4.78, 5) is -0.180. The van der Waals surface area contributed by atoms with Gasteiger partial charge in [0.1, 0.15) is 11.5 Å². The molecule has 0 saturated carbocycles. The van der Waals surface area contributed by atoms with E-state index in [2.05, 4.69) is 30.1 Å². The fraction of sp³-hybridized carbons (Fsp3) is 0.250. The quantitative estimate of drug-likeness (QED) is 0.527. The zero-order valence-corrected chi connectivity index (χ0v) is 16.5. The molecule has 160 valence electrons. The van der Waals surface area contributed by atoms with Crippen LogP contribution in [-0.4, -0.2) is 34.0 Å². The van der Waals surface area contributed by atoms with Crippen molar-refractivity contribution in [2.45, 2.75) is 17.2 Å². The fourth-order valence-corrected chi connectivity index (χ4v) is 3.26. The molecule has 2 rings (SSSR count). The van der Waals surface area contributed by atoms with Crippen molar-refractivity contribution in [1.82, 2.24) is 0 Å². The molecule has 2 aromatic rings. The molecule has 0 radical (unpaired) electrons. The molecular weight excluding hydrogens is 496 g/mol. The van der Waals surface area contributed by atoms with Crippen LogP contribution in [0, 0.1) is 0 Å². The first-order valence-corrected chi connectivity index (χ1v) is 9.84. The number of halogens is 7. The second-order valence-electron chi connectivity index (χ2n) is 5.56. The van der Waals surface area contributed by atoms with Gasteiger partial charge >= 0.3 is 12.4 Å². The molecule has 0 aliphatic rings. The summed E-state index contributed by atoms with van der Waals surface area (Å²) in [5.41, 5.74) is -0.343. The number of rotatable bonds is 7. The molecule has 13 heteroatoms. The van der Waals surface area contributed by atoms with Crippen LogP contribution in [0.4, 0.5) is 32.0 Å². The van der Waals surface area contributed by atoms with Gasteiger partial charge in [-0.05, 0) is 24.3 Å². The summed E-state index contributed by atoms with van der Waals surface area (Å²) in [7, 11) is -4.18. The second-order valence-corrected chi connectivity index (χ2v) is 8.16. The van der Waals surface area contributed by atoms with E-state index in [0.717, 1.165) is 18.2 Å². The smallest absolute Gasteiger partial charge is 0.422 e. The minimum absolute atomic E-state index is 0.180. The fourth-order valence-electron chi connectivity index (χ4n) is 1.96. The van der Waals surface area contributed by atoms with Gasteiger partial charge in [-0.2, -0.15) is 26.3 Å². The highest BCUT2D eigenvalue weighted by atomic mass is 79.9. The van der Waals surface area contributed by atoms with E-state index in [1.807, 2.05) is 0 Å². The monoisotopic (exact) mass is 507 g/mol. The maximum absolute atomic E-state index is 12.4. The topological polar surface area (TPSA) is 64.6 Å². The third-order valence-electron chi connectivity index (χ3n) is 3.06. The lowest BCUT2D eigenvalue weighted by atomic mass is 10.3. The van der Waals surface area contributed by atoms with E-state index < -0.39 is 47.1 Å². The first-order chi connectivity index (χ1) is 13.2. The van der Waals surface area contributed by atoms with Gasteiger partial charge in [-0.15, -0.1) is 0 Å². The van der Waals surface area contributed by atoms with E-state index in [0.29, 0.717) is 4.47 Å². The van der Waals surface area contributed by atoms with Gasteiger partial charge in [-0.25, -0.2) is 8.42 Å². The highest BCUT2D eigenvalue weighted by Crippen LogP contribution is 2.30. The molecule has 1 N–H and O–H groups in total. The molecule has 0 fully saturated rings. The number of ether oxygens (including phenoxy) is 2. The normalized spacial score (nSPS) is 12.5. The zero-order valence-electron chi connectivity index (χ0n) is 14.1. The van der Waals surface area contributed by atoms with Crippen molar-refractivity contribution in [3.8, 4) is 11.5 Å². The first-order valence-electron chi connectivity index (χ1n) is 7.56. The Morgan fingerprint density at radius 1 is 0.828 bits per heavy atom. The predicted molar refractivity (Wildman–Crippen MR) is 94.5 cm³/mol. The molecule has 0 unspecified atom stereocenters. The molecule has 0 saturated heterocycles. The summed E-state index contributed by atoms with van der Waals surface area (Å²) in [6, 6.07) is 7.94. The Bertz CT molecular complexity index is 909. The van der Waals surface area contributed by atoms with Gasteiger partial charge < -0.3 is 9.47 Å². The van der Waals surface area contributed by atoms with E-state index in [-0.39, 0.29) is 10.6 Å². The Morgan fingerprint density at radius 3 is 1.69 bits per heavy atom. The summed E-state index contributed by atoms with van der Waals surface area (Å²) in [6.45, 7) is -3.46. The molecule has 0 aliphatic heterocycles. The van der Waals surface area contributed by atoms with Crippen molar-refractivity contribution >= 4 is 31.6 Å². The molecular formula is C16H12BrF6NO4S. The van der Waals surface area contributed by atoms with Crippen LogP contribution in [0.3, 0.4) is 0 Å². The Labute approximate surface area is 169 Å². The Hall–Kier alpha value is -2.15. The number of benzene rings is 2. The van der Waals surface area contributed by atoms with Crippen LogP contribution in [0.1, 0.15) is 0 Å². The number of nitrogens with one attached hydrogen (secondary N) is 1. The van der Waals surface area contributed by atoms with Gasteiger partial charge in [0.2, 0.25) is 0 Å². The summed E-state index contributed by atoms with van der Waals surface area (Å²) in [6.07, 6.45) is -9.42. The molecule has 2 aromatic carbocycles. The molecule has 0 atom stereocenters. The van der Waals surface area contributed by atoms with E-state index in [4.69, 9.17) is 0 Å². The Kier molecular flexibility index (Phi) is 6.93. The molecule has 0 aromatic heterocycles. The number of sulfonamides is 1. The van der Waals surface area contributed by atoms with Crippen LogP contribution in [0.2, 0.25) is 0 Å². The van der Waals surface area contributed by atoms with Crippen LogP contribution in [0.5, 0.6) is 11.5 Å². The van der Waals surface area contributed by atoms with Gasteiger partial charge in [0.25, 0.3) is 10.0 Å². The lowest BCUT2D eigenvalue weighted by molar-refractivity contribution is -0.153. The minimum Gasteiger partial charge on any atom is -0.484 e. The third kappa shape index (κ3) is 8.01. The number of hydrogen-bond donors (Lipinski definition) is 1. The van der Waals surface area contributed by atoms with Gasteiger partial charge in [0.05, 0.1) is 10.6 Å². The number of anilines is 1. The Balaban J connectivity index is 2.31. The van der Waals surface area contributed by atoms with Crippen molar-refractivity contribution in [2.24, 2.45) is 0 Å². The first kappa shape index (κ1) is 23.1. The molecule has 29 heavy (non-hydrogen) atoms. The summed E-state index contributed by atoms with van der Waals surface area (Å²) in [5.74, 6) is -1.06. The molecule has 0 bridgehead atoms. The number of hydrogen-bond acceptors (Lipinski definition) is 4. The highest BCUT2D eigenvalue weighted by Gasteiger charge is 2.30. The molecule has 0 amide bonds. The van der Waals surface area contributed by atoms with Crippen LogP contribution in [0.25, 0.3) is 0 Å². The molecule has 0 heterocycles. The van der Waals surface area contributed by atoms with Gasteiger partial charge in [0.15, 0.2) is 13.2 Å².